The number of carbonyl (C=O) groups is 1. The number of aromatic amines is 1. The van der Waals surface area contributed by atoms with Gasteiger partial charge in [-0.15, -0.1) is 0 Å². The molecule has 6 heteroatoms. The van der Waals surface area contributed by atoms with Crippen molar-refractivity contribution < 1.29 is 13.6 Å². The summed E-state index contributed by atoms with van der Waals surface area (Å²) in [6.45, 7) is 0.413. The summed E-state index contributed by atoms with van der Waals surface area (Å²) in [5.74, 6) is -1.60. The van der Waals surface area contributed by atoms with Gasteiger partial charge in [-0.3, -0.25) is 9.89 Å². The molecule has 116 valence electrons. The molecule has 0 bridgehead atoms. The van der Waals surface area contributed by atoms with Gasteiger partial charge in [-0.2, -0.15) is 5.10 Å². The van der Waals surface area contributed by atoms with E-state index in [4.69, 9.17) is 0 Å². The number of H-pyrrole nitrogens is 1. The van der Waals surface area contributed by atoms with Crippen molar-refractivity contribution in [2.24, 2.45) is 0 Å². The molecule has 0 aliphatic heterocycles. The van der Waals surface area contributed by atoms with Crippen LogP contribution in [-0.4, -0.2) is 22.6 Å². The predicted molar refractivity (Wildman–Crippen MR) is 77.2 cm³/mol. The van der Waals surface area contributed by atoms with E-state index in [0.29, 0.717) is 25.8 Å². The second-order valence-electron chi connectivity index (χ2n) is 5.64. The van der Waals surface area contributed by atoms with Crippen LogP contribution in [-0.2, 0) is 16.6 Å². The lowest BCUT2D eigenvalue weighted by Crippen LogP contribution is -2.50. The number of halogens is 2. The Hall–Kier alpha value is -2.24. The van der Waals surface area contributed by atoms with E-state index < -0.39 is 17.0 Å². The third-order valence-electron chi connectivity index (χ3n) is 4.34. The maximum atomic E-state index is 14.0. The highest BCUT2D eigenvalue weighted by Crippen LogP contribution is 2.45. The molecule has 1 heterocycles. The molecule has 1 aromatic carbocycles. The minimum atomic E-state index is -1.06. The Bertz CT molecular complexity index is 646. The monoisotopic (exact) mass is 305 g/mol. The molecule has 0 spiro atoms. The van der Waals surface area contributed by atoms with Gasteiger partial charge >= 0.3 is 0 Å². The third kappa shape index (κ3) is 2.49. The molecule has 0 saturated heterocycles. The molecule has 0 radical (unpaired) electrons. The molecule has 2 N–H and O–H groups in total. The van der Waals surface area contributed by atoms with E-state index in [0.717, 1.165) is 12.0 Å². The maximum absolute atomic E-state index is 14.0. The maximum Gasteiger partial charge on any atom is 0.230 e. The van der Waals surface area contributed by atoms with Crippen LogP contribution in [0, 0.1) is 11.6 Å². The molecule has 1 aromatic heterocycles. The Morgan fingerprint density at radius 3 is 2.59 bits per heavy atom. The summed E-state index contributed by atoms with van der Waals surface area (Å²) >= 11 is 0. The number of nitrogens with one attached hydrogen (secondary N) is 2. The van der Waals surface area contributed by atoms with E-state index in [-0.39, 0.29) is 11.5 Å². The minimum absolute atomic E-state index is 0.0953. The topological polar surface area (TPSA) is 57.8 Å². The largest absolute Gasteiger partial charge is 0.355 e. The second-order valence-corrected chi connectivity index (χ2v) is 5.64. The summed E-state index contributed by atoms with van der Waals surface area (Å²) in [5.41, 5.74) is -0.187. The Kier molecular flexibility index (Phi) is 3.92. The van der Waals surface area contributed by atoms with Crippen molar-refractivity contribution in [1.82, 2.24) is 15.5 Å². The first-order valence-corrected chi connectivity index (χ1v) is 7.34. The van der Waals surface area contributed by atoms with Gasteiger partial charge in [0.2, 0.25) is 5.91 Å². The Morgan fingerprint density at radius 1 is 1.32 bits per heavy atom. The number of hydrogen-bond donors (Lipinski definition) is 2. The quantitative estimate of drug-likeness (QED) is 0.891. The highest BCUT2D eigenvalue weighted by molar-refractivity contribution is 5.89. The van der Waals surface area contributed by atoms with Crippen LogP contribution in [0.4, 0.5) is 8.78 Å². The zero-order chi connectivity index (χ0) is 15.6. The summed E-state index contributed by atoms with van der Waals surface area (Å²) < 4.78 is 28.1. The van der Waals surface area contributed by atoms with E-state index >= 15 is 0 Å². The Labute approximate surface area is 126 Å². The molecule has 1 aliphatic rings. The highest BCUT2D eigenvalue weighted by Gasteiger charge is 2.48. The van der Waals surface area contributed by atoms with Crippen molar-refractivity contribution in [3.05, 3.63) is 53.4 Å². The van der Waals surface area contributed by atoms with E-state index in [9.17, 15) is 13.6 Å². The van der Waals surface area contributed by atoms with Gasteiger partial charge in [0.1, 0.15) is 11.6 Å². The average molecular weight is 305 g/mol. The smallest absolute Gasteiger partial charge is 0.230 e. The molecule has 1 amide bonds. The van der Waals surface area contributed by atoms with Crippen LogP contribution in [0.1, 0.15) is 30.4 Å². The molecule has 3 rings (SSSR count). The number of hydrogen-bond acceptors (Lipinski definition) is 2. The van der Waals surface area contributed by atoms with Gasteiger partial charge in [0.05, 0.1) is 11.6 Å². The molecule has 1 saturated carbocycles. The van der Waals surface area contributed by atoms with Gasteiger partial charge in [0.15, 0.2) is 0 Å². The van der Waals surface area contributed by atoms with Crippen molar-refractivity contribution in [3.63, 3.8) is 0 Å². The fraction of sp³-hybridized carbons (Fsp3) is 0.375. The van der Waals surface area contributed by atoms with Gasteiger partial charge in [-0.25, -0.2) is 8.78 Å². The molecular formula is C16H17F2N3O. The van der Waals surface area contributed by atoms with Crippen LogP contribution in [0.25, 0.3) is 0 Å². The molecule has 0 atom stereocenters. The van der Waals surface area contributed by atoms with Gasteiger partial charge in [0, 0.05) is 18.3 Å². The van der Waals surface area contributed by atoms with Crippen molar-refractivity contribution in [3.8, 4) is 0 Å². The molecule has 4 nitrogen and oxygen atoms in total. The normalized spacial score (nSPS) is 16.1. The van der Waals surface area contributed by atoms with Crippen molar-refractivity contribution >= 4 is 5.91 Å². The van der Waals surface area contributed by atoms with Gasteiger partial charge in [-0.05, 0) is 37.0 Å². The summed E-state index contributed by atoms with van der Waals surface area (Å²) in [4.78, 5) is 12.5. The second kappa shape index (κ2) is 5.87. The first-order chi connectivity index (χ1) is 10.6. The number of nitrogens with zero attached hydrogens (tertiary/aromatic N) is 1. The van der Waals surface area contributed by atoms with Crippen LogP contribution >= 0.6 is 0 Å². The summed E-state index contributed by atoms with van der Waals surface area (Å²) in [6.07, 6.45) is 5.80. The number of amides is 1. The zero-order valence-electron chi connectivity index (χ0n) is 12.0. The third-order valence-corrected chi connectivity index (χ3v) is 4.34. The Balaban J connectivity index is 1.74. The first-order valence-electron chi connectivity index (χ1n) is 7.34. The lowest BCUT2D eigenvalue weighted by molar-refractivity contribution is -0.130. The highest BCUT2D eigenvalue weighted by atomic mass is 19.1. The number of aromatic nitrogens is 2. The first kappa shape index (κ1) is 14.7. The van der Waals surface area contributed by atoms with E-state index in [1.807, 2.05) is 0 Å². The van der Waals surface area contributed by atoms with Crippen molar-refractivity contribution in [2.45, 2.75) is 31.1 Å². The number of carbonyl (C=O) groups excluding carboxylic acids is 1. The van der Waals surface area contributed by atoms with Crippen LogP contribution in [0.2, 0.25) is 0 Å². The molecule has 1 fully saturated rings. The van der Waals surface area contributed by atoms with Crippen LogP contribution in [0.5, 0.6) is 0 Å². The van der Waals surface area contributed by atoms with E-state index in [1.165, 1.54) is 18.2 Å². The van der Waals surface area contributed by atoms with Gasteiger partial charge in [0.25, 0.3) is 0 Å². The SMILES string of the molecule is O=C(NCCc1cn[nH]c1)C1(c2c(F)cccc2F)CCC1. The zero-order valence-corrected chi connectivity index (χ0v) is 12.0. The summed E-state index contributed by atoms with van der Waals surface area (Å²) in [5, 5.41) is 9.33. The van der Waals surface area contributed by atoms with Gasteiger partial charge in [-0.1, -0.05) is 12.5 Å². The molecule has 22 heavy (non-hydrogen) atoms. The van der Waals surface area contributed by atoms with Crippen LogP contribution in [0.15, 0.2) is 30.6 Å². The lowest BCUT2D eigenvalue weighted by atomic mass is 9.63. The summed E-state index contributed by atoms with van der Waals surface area (Å²) in [6, 6.07) is 3.73. The molecule has 1 aliphatic carbocycles. The van der Waals surface area contributed by atoms with Crippen LogP contribution < -0.4 is 5.32 Å². The number of rotatable bonds is 5. The van der Waals surface area contributed by atoms with E-state index in [2.05, 4.69) is 15.5 Å². The molecular weight excluding hydrogens is 288 g/mol. The average Bonchev–Trinajstić information content (AvgIpc) is 2.94. The predicted octanol–water partition coefficient (Wildman–Crippen LogP) is 2.47. The standard InChI is InChI=1S/C16H17F2N3O/c17-12-3-1-4-13(18)14(12)16(6-2-7-16)15(22)19-8-5-11-9-20-21-10-11/h1,3-4,9-10H,2,5-8H2,(H,19,22)(H,20,21). The van der Waals surface area contributed by atoms with Crippen molar-refractivity contribution in [1.29, 1.82) is 0 Å². The lowest BCUT2D eigenvalue weighted by Gasteiger charge is -2.40. The van der Waals surface area contributed by atoms with Crippen molar-refractivity contribution in [2.75, 3.05) is 6.54 Å². The fourth-order valence-electron chi connectivity index (χ4n) is 2.98. The van der Waals surface area contributed by atoms with E-state index in [1.54, 1.807) is 12.4 Å². The summed E-state index contributed by atoms with van der Waals surface area (Å²) in [7, 11) is 0. The molecule has 0 unspecified atom stereocenters. The molecule has 2 aromatic rings. The Morgan fingerprint density at radius 2 is 2.05 bits per heavy atom. The fourth-order valence-corrected chi connectivity index (χ4v) is 2.98. The van der Waals surface area contributed by atoms with Gasteiger partial charge < -0.3 is 5.32 Å². The van der Waals surface area contributed by atoms with Crippen LogP contribution in [0.3, 0.4) is 0 Å². The number of benzene rings is 1. The minimum Gasteiger partial charge on any atom is -0.355 e.